The number of piperazine rings is 1. The largest absolute Gasteiger partial charge is 0.491 e. The number of hydrogen-bond donors (Lipinski definition) is 1. The van der Waals surface area contributed by atoms with E-state index in [9.17, 15) is 4.79 Å². The Hall–Kier alpha value is -2.44. The molecule has 1 N–H and O–H groups in total. The summed E-state index contributed by atoms with van der Waals surface area (Å²) >= 11 is 5.47. The molecule has 1 aliphatic heterocycles. The van der Waals surface area contributed by atoms with E-state index >= 15 is 0 Å². The van der Waals surface area contributed by atoms with Gasteiger partial charge in [-0.1, -0.05) is 37.3 Å². The predicted octanol–water partition coefficient (Wildman–Crippen LogP) is 3.70. The first-order valence-electron chi connectivity index (χ1n) is 10.2. The van der Waals surface area contributed by atoms with E-state index in [-0.39, 0.29) is 12.0 Å². The van der Waals surface area contributed by atoms with Gasteiger partial charge < -0.3 is 9.64 Å². The number of nitrogens with zero attached hydrogens (tertiary/aromatic N) is 2. The second-order valence-electron chi connectivity index (χ2n) is 7.37. The Morgan fingerprint density at radius 3 is 2.34 bits per heavy atom. The van der Waals surface area contributed by atoms with Crippen molar-refractivity contribution in [3.8, 4) is 5.75 Å². The van der Waals surface area contributed by atoms with Crippen molar-refractivity contribution in [1.82, 2.24) is 15.1 Å². The van der Waals surface area contributed by atoms with Gasteiger partial charge in [-0.15, -0.1) is 0 Å². The summed E-state index contributed by atoms with van der Waals surface area (Å²) in [6.07, 6.45) is 1.09. The number of nitrogens with one attached hydrogen (secondary N) is 1. The molecule has 1 amide bonds. The van der Waals surface area contributed by atoms with E-state index in [2.05, 4.69) is 46.3 Å². The molecule has 2 aromatic rings. The van der Waals surface area contributed by atoms with Crippen LogP contribution in [0.25, 0.3) is 0 Å². The molecule has 1 aliphatic rings. The van der Waals surface area contributed by atoms with Gasteiger partial charge in [0.1, 0.15) is 5.75 Å². The van der Waals surface area contributed by atoms with E-state index < -0.39 is 0 Å². The van der Waals surface area contributed by atoms with Crippen molar-refractivity contribution in [2.45, 2.75) is 32.9 Å². The van der Waals surface area contributed by atoms with Crippen LogP contribution >= 0.6 is 12.2 Å². The Kier molecular flexibility index (Phi) is 7.61. The standard InChI is InChI=1S/C23H29N3O2S/c1-3-18(2)28-21-11-9-20(10-12-21)22(27)24-23(29)26-15-13-25(14-16-26)17-19-7-5-4-6-8-19/h4-12,18H,3,13-17H2,1-2H3,(H,24,27,29). The molecular weight excluding hydrogens is 382 g/mol. The van der Waals surface area contributed by atoms with E-state index in [1.54, 1.807) is 12.1 Å². The first kappa shape index (κ1) is 21.3. The Labute approximate surface area is 178 Å². The molecule has 6 heteroatoms. The van der Waals surface area contributed by atoms with Crippen LogP contribution in [0.3, 0.4) is 0 Å². The third kappa shape index (κ3) is 6.27. The Morgan fingerprint density at radius 1 is 1.07 bits per heavy atom. The van der Waals surface area contributed by atoms with Crippen LogP contribution in [0.15, 0.2) is 54.6 Å². The van der Waals surface area contributed by atoms with Crippen LogP contribution in [-0.4, -0.2) is 53.1 Å². The van der Waals surface area contributed by atoms with Gasteiger partial charge in [0.05, 0.1) is 6.10 Å². The molecule has 1 unspecified atom stereocenters. The summed E-state index contributed by atoms with van der Waals surface area (Å²) in [6.45, 7) is 8.52. The quantitative estimate of drug-likeness (QED) is 0.735. The molecule has 0 aliphatic carbocycles. The van der Waals surface area contributed by atoms with Crippen molar-refractivity contribution in [3.63, 3.8) is 0 Å². The van der Waals surface area contributed by atoms with Gasteiger partial charge in [0.25, 0.3) is 5.91 Å². The third-order valence-corrected chi connectivity index (χ3v) is 5.52. The zero-order valence-corrected chi connectivity index (χ0v) is 18.0. The van der Waals surface area contributed by atoms with E-state index in [4.69, 9.17) is 17.0 Å². The molecule has 0 aromatic heterocycles. The normalized spacial score (nSPS) is 15.6. The van der Waals surface area contributed by atoms with Crippen LogP contribution < -0.4 is 10.1 Å². The third-order valence-electron chi connectivity index (χ3n) is 5.16. The van der Waals surface area contributed by atoms with E-state index in [1.165, 1.54) is 5.56 Å². The van der Waals surface area contributed by atoms with Gasteiger partial charge in [-0.2, -0.15) is 0 Å². The number of carbonyl (C=O) groups is 1. The van der Waals surface area contributed by atoms with E-state index in [0.29, 0.717) is 10.7 Å². The van der Waals surface area contributed by atoms with Crippen LogP contribution in [0.4, 0.5) is 0 Å². The van der Waals surface area contributed by atoms with Gasteiger partial charge in [0.2, 0.25) is 0 Å². The average Bonchev–Trinajstić information content (AvgIpc) is 2.75. The summed E-state index contributed by atoms with van der Waals surface area (Å²) in [5, 5.41) is 3.36. The molecular formula is C23H29N3O2S. The predicted molar refractivity (Wildman–Crippen MR) is 120 cm³/mol. The molecule has 0 spiro atoms. The first-order chi connectivity index (χ1) is 14.0. The number of carbonyl (C=O) groups excluding carboxylic acids is 1. The smallest absolute Gasteiger partial charge is 0.257 e. The van der Waals surface area contributed by atoms with Crippen molar-refractivity contribution in [3.05, 3.63) is 65.7 Å². The first-order valence-corrected chi connectivity index (χ1v) is 10.6. The van der Waals surface area contributed by atoms with Crippen LogP contribution in [0.5, 0.6) is 5.75 Å². The van der Waals surface area contributed by atoms with Gasteiger partial charge in [-0.05, 0) is 55.4 Å². The lowest BCUT2D eigenvalue weighted by Crippen LogP contribution is -2.52. The Bertz CT molecular complexity index is 803. The number of benzene rings is 2. The molecule has 0 radical (unpaired) electrons. The van der Waals surface area contributed by atoms with Crippen LogP contribution in [0.2, 0.25) is 0 Å². The Morgan fingerprint density at radius 2 is 1.72 bits per heavy atom. The van der Waals surface area contributed by atoms with E-state index in [1.807, 2.05) is 25.1 Å². The van der Waals surface area contributed by atoms with Crippen LogP contribution in [-0.2, 0) is 6.54 Å². The molecule has 29 heavy (non-hydrogen) atoms. The summed E-state index contributed by atoms with van der Waals surface area (Å²) in [4.78, 5) is 17.0. The van der Waals surface area contributed by atoms with Gasteiger partial charge in [0, 0.05) is 38.3 Å². The lowest BCUT2D eigenvalue weighted by molar-refractivity contribution is 0.0969. The number of amides is 1. The maximum Gasteiger partial charge on any atom is 0.257 e. The molecule has 1 heterocycles. The number of hydrogen-bond acceptors (Lipinski definition) is 4. The highest BCUT2D eigenvalue weighted by Crippen LogP contribution is 2.15. The van der Waals surface area contributed by atoms with Crippen molar-refractivity contribution in [1.29, 1.82) is 0 Å². The zero-order chi connectivity index (χ0) is 20.6. The summed E-state index contributed by atoms with van der Waals surface area (Å²) in [6, 6.07) is 17.7. The van der Waals surface area contributed by atoms with Gasteiger partial charge in [0.15, 0.2) is 5.11 Å². The zero-order valence-electron chi connectivity index (χ0n) is 17.1. The summed E-state index contributed by atoms with van der Waals surface area (Å²) in [5.41, 5.74) is 1.89. The van der Waals surface area contributed by atoms with Gasteiger partial charge in [-0.3, -0.25) is 15.0 Å². The topological polar surface area (TPSA) is 44.8 Å². The molecule has 1 saturated heterocycles. The van der Waals surface area contributed by atoms with Gasteiger partial charge in [-0.25, -0.2) is 0 Å². The second kappa shape index (κ2) is 10.4. The lowest BCUT2D eigenvalue weighted by atomic mass is 10.2. The van der Waals surface area contributed by atoms with Gasteiger partial charge >= 0.3 is 0 Å². The number of rotatable bonds is 6. The lowest BCUT2D eigenvalue weighted by Gasteiger charge is -2.36. The number of ether oxygens (including phenoxy) is 1. The molecule has 5 nitrogen and oxygen atoms in total. The van der Waals surface area contributed by atoms with Crippen LogP contribution in [0, 0.1) is 0 Å². The molecule has 154 valence electrons. The Balaban J connectivity index is 1.46. The number of thiocarbonyl (C=S) groups is 1. The summed E-state index contributed by atoms with van der Waals surface area (Å²) < 4.78 is 5.76. The van der Waals surface area contributed by atoms with Crippen molar-refractivity contribution in [2.24, 2.45) is 0 Å². The second-order valence-corrected chi connectivity index (χ2v) is 7.76. The fourth-order valence-corrected chi connectivity index (χ4v) is 3.47. The maximum absolute atomic E-state index is 12.5. The molecule has 3 rings (SSSR count). The molecule has 1 fully saturated rings. The van der Waals surface area contributed by atoms with Crippen molar-refractivity contribution >= 4 is 23.2 Å². The van der Waals surface area contributed by atoms with E-state index in [0.717, 1.165) is 44.9 Å². The molecule has 0 bridgehead atoms. The minimum Gasteiger partial charge on any atom is -0.491 e. The maximum atomic E-state index is 12.5. The highest BCUT2D eigenvalue weighted by atomic mass is 32.1. The average molecular weight is 412 g/mol. The fraction of sp³-hybridized carbons (Fsp3) is 0.391. The van der Waals surface area contributed by atoms with Crippen molar-refractivity contribution in [2.75, 3.05) is 26.2 Å². The minimum absolute atomic E-state index is 0.155. The SMILES string of the molecule is CCC(C)Oc1ccc(C(=O)NC(=S)N2CCN(Cc3ccccc3)CC2)cc1. The molecule has 0 saturated carbocycles. The highest BCUT2D eigenvalue weighted by molar-refractivity contribution is 7.80. The molecule has 2 aromatic carbocycles. The van der Waals surface area contributed by atoms with Crippen LogP contribution in [0.1, 0.15) is 36.2 Å². The summed E-state index contributed by atoms with van der Waals surface area (Å²) in [7, 11) is 0. The fourth-order valence-electron chi connectivity index (χ4n) is 3.20. The molecule has 1 atom stereocenters. The minimum atomic E-state index is -0.184. The van der Waals surface area contributed by atoms with Crippen molar-refractivity contribution < 1.29 is 9.53 Å². The highest BCUT2D eigenvalue weighted by Gasteiger charge is 2.20. The monoisotopic (exact) mass is 411 g/mol. The summed E-state index contributed by atoms with van der Waals surface area (Å²) in [5.74, 6) is 0.588.